The molecular weight excluding hydrogens is 300 g/mol. The lowest BCUT2D eigenvalue weighted by molar-refractivity contribution is -0.134. The molecule has 122 valence electrons. The van der Waals surface area contributed by atoms with Gasteiger partial charge < -0.3 is 16.0 Å². The van der Waals surface area contributed by atoms with E-state index in [1.54, 1.807) is 11.8 Å². The van der Waals surface area contributed by atoms with Crippen molar-refractivity contribution >= 4 is 23.3 Å². The van der Waals surface area contributed by atoms with Gasteiger partial charge in [0.05, 0.1) is 0 Å². The Balaban J connectivity index is 1.80. The number of nitrogens with one attached hydrogen (secondary N) is 1. The number of rotatable bonds is 5. The van der Waals surface area contributed by atoms with Gasteiger partial charge in [0.1, 0.15) is 6.04 Å². The van der Waals surface area contributed by atoms with E-state index in [-0.39, 0.29) is 5.91 Å². The van der Waals surface area contributed by atoms with Crippen LogP contribution in [0.2, 0.25) is 0 Å². The zero-order chi connectivity index (χ0) is 16.1. The SMILES string of the molecule is CCc1ccc(CN2CCN(C(=O)[C@@H](C)NC(N)=O)CC2)s1. The van der Waals surface area contributed by atoms with Gasteiger partial charge >= 0.3 is 6.03 Å². The Bertz CT molecular complexity index is 523. The van der Waals surface area contributed by atoms with Crippen LogP contribution in [-0.2, 0) is 17.8 Å². The summed E-state index contributed by atoms with van der Waals surface area (Å²) in [6.07, 6.45) is 1.08. The molecule has 6 nitrogen and oxygen atoms in total. The molecule has 1 atom stereocenters. The molecule has 2 rings (SSSR count). The number of urea groups is 1. The van der Waals surface area contributed by atoms with Crippen molar-refractivity contribution in [3.05, 3.63) is 21.9 Å². The zero-order valence-electron chi connectivity index (χ0n) is 13.2. The Morgan fingerprint density at radius 2 is 1.91 bits per heavy atom. The number of nitrogens with zero attached hydrogens (tertiary/aromatic N) is 2. The number of carbonyl (C=O) groups is 2. The van der Waals surface area contributed by atoms with Gasteiger partial charge in [-0.25, -0.2) is 4.79 Å². The summed E-state index contributed by atoms with van der Waals surface area (Å²) in [6, 6.07) is 3.16. The van der Waals surface area contributed by atoms with Crippen LogP contribution in [0.15, 0.2) is 12.1 Å². The number of amides is 3. The largest absolute Gasteiger partial charge is 0.352 e. The standard InChI is InChI=1S/C15H24N4O2S/c1-3-12-4-5-13(22-12)10-18-6-8-19(9-7-18)14(20)11(2)17-15(16)21/h4-5,11H,3,6-10H2,1-2H3,(H3,16,17,21)/t11-/m1/s1. The Morgan fingerprint density at radius 3 is 2.45 bits per heavy atom. The van der Waals surface area contributed by atoms with Gasteiger partial charge in [-0.3, -0.25) is 9.69 Å². The Labute approximate surface area is 135 Å². The predicted octanol–water partition coefficient (Wildman–Crippen LogP) is 1.01. The highest BCUT2D eigenvalue weighted by atomic mass is 32.1. The third-order valence-electron chi connectivity index (χ3n) is 3.86. The summed E-state index contributed by atoms with van der Waals surface area (Å²) in [6.45, 7) is 7.87. The molecule has 1 aliphatic rings. The Hall–Kier alpha value is -1.60. The molecule has 0 aromatic carbocycles. The van der Waals surface area contributed by atoms with Crippen molar-refractivity contribution in [2.24, 2.45) is 5.73 Å². The maximum atomic E-state index is 12.2. The quantitative estimate of drug-likeness (QED) is 0.848. The van der Waals surface area contributed by atoms with Crippen LogP contribution in [-0.4, -0.2) is 54.0 Å². The van der Waals surface area contributed by atoms with Crippen molar-refractivity contribution in [2.75, 3.05) is 26.2 Å². The second-order valence-electron chi connectivity index (χ2n) is 5.55. The van der Waals surface area contributed by atoms with Crippen molar-refractivity contribution in [1.82, 2.24) is 15.1 Å². The minimum Gasteiger partial charge on any atom is -0.352 e. The van der Waals surface area contributed by atoms with Crippen molar-refractivity contribution in [3.8, 4) is 0 Å². The van der Waals surface area contributed by atoms with Crippen molar-refractivity contribution in [1.29, 1.82) is 0 Å². The average Bonchev–Trinajstić information content (AvgIpc) is 2.94. The molecule has 7 heteroatoms. The fraction of sp³-hybridized carbons (Fsp3) is 0.600. The molecule has 3 N–H and O–H groups in total. The maximum Gasteiger partial charge on any atom is 0.312 e. The normalized spacial score (nSPS) is 17.3. The summed E-state index contributed by atoms with van der Waals surface area (Å²) in [4.78, 5) is 29.9. The highest BCUT2D eigenvalue weighted by Crippen LogP contribution is 2.19. The fourth-order valence-corrected chi connectivity index (χ4v) is 3.59. The number of nitrogens with two attached hydrogens (primary N) is 1. The van der Waals surface area contributed by atoms with Crippen LogP contribution in [0, 0.1) is 0 Å². The number of hydrogen-bond acceptors (Lipinski definition) is 4. The molecular formula is C15H24N4O2S. The first-order valence-corrected chi connectivity index (χ1v) is 8.46. The van der Waals surface area contributed by atoms with E-state index >= 15 is 0 Å². The number of piperazine rings is 1. The molecule has 1 aromatic heterocycles. The molecule has 1 aliphatic heterocycles. The van der Waals surface area contributed by atoms with Gasteiger partial charge in [0.2, 0.25) is 5.91 Å². The summed E-state index contributed by atoms with van der Waals surface area (Å²) in [5.41, 5.74) is 5.05. The minimum absolute atomic E-state index is 0.0668. The molecule has 0 unspecified atom stereocenters. The third kappa shape index (κ3) is 4.45. The molecule has 3 amide bonds. The van der Waals surface area contributed by atoms with E-state index in [1.165, 1.54) is 9.75 Å². The molecule has 1 aromatic rings. The van der Waals surface area contributed by atoms with Crippen LogP contribution in [0.4, 0.5) is 4.79 Å². The number of primary amides is 1. The van der Waals surface area contributed by atoms with Crippen molar-refractivity contribution in [3.63, 3.8) is 0 Å². The summed E-state index contributed by atoms with van der Waals surface area (Å²) in [5, 5.41) is 2.44. The highest BCUT2D eigenvalue weighted by Gasteiger charge is 2.25. The molecule has 0 radical (unpaired) electrons. The highest BCUT2D eigenvalue weighted by molar-refractivity contribution is 7.11. The molecule has 0 bridgehead atoms. The van der Waals surface area contributed by atoms with E-state index in [1.807, 2.05) is 11.3 Å². The molecule has 1 fully saturated rings. The molecule has 1 saturated heterocycles. The lowest BCUT2D eigenvalue weighted by Gasteiger charge is -2.35. The molecule has 0 saturated carbocycles. The van der Waals surface area contributed by atoms with Crippen LogP contribution < -0.4 is 11.1 Å². The van der Waals surface area contributed by atoms with Crippen LogP contribution in [0.3, 0.4) is 0 Å². The van der Waals surface area contributed by atoms with E-state index in [4.69, 9.17) is 5.73 Å². The summed E-state index contributed by atoms with van der Waals surface area (Å²) in [7, 11) is 0. The predicted molar refractivity (Wildman–Crippen MR) is 87.7 cm³/mol. The lowest BCUT2D eigenvalue weighted by atomic mass is 10.2. The lowest BCUT2D eigenvalue weighted by Crippen LogP contribution is -2.54. The van der Waals surface area contributed by atoms with Gasteiger partial charge in [-0.05, 0) is 25.5 Å². The van der Waals surface area contributed by atoms with Crippen LogP contribution in [0.5, 0.6) is 0 Å². The summed E-state index contributed by atoms with van der Waals surface area (Å²) >= 11 is 1.86. The second kappa shape index (κ2) is 7.60. The van der Waals surface area contributed by atoms with Gasteiger partial charge in [0, 0.05) is 42.5 Å². The van der Waals surface area contributed by atoms with Crippen LogP contribution in [0.25, 0.3) is 0 Å². The van der Waals surface area contributed by atoms with Crippen LogP contribution >= 0.6 is 11.3 Å². The van der Waals surface area contributed by atoms with Crippen molar-refractivity contribution < 1.29 is 9.59 Å². The van der Waals surface area contributed by atoms with Gasteiger partial charge in [-0.1, -0.05) is 6.92 Å². The van der Waals surface area contributed by atoms with Crippen LogP contribution in [0.1, 0.15) is 23.6 Å². The van der Waals surface area contributed by atoms with Gasteiger partial charge in [0.15, 0.2) is 0 Å². The van der Waals surface area contributed by atoms with E-state index in [9.17, 15) is 9.59 Å². The third-order valence-corrected chi connectivity index (χ3v) is 5.07. The van der Waals surface area contributed by atoms with E-state index in [0.717, 1.165) is 26.1 Å². The number of hydrogen-bond donors (Lipinski definition) is 2. The van der Waals surface area contributed by atoms with E-state index < -0.39 is 12.1 Å². The first kappa shape index (κ1) is 16.8. The molecule has 0 spiro atoms. The zero-order valence-corrected chi connectivity index (χ0v) is 14.0. The average molecular weight is 324 g/mol. The summed E-state index contributed by atoms with van der Waals surface area (Å²) < 4.78 is 0. The fourth-order valence-electron chi connectivity index (χ4n) is 2.59. The molecule has 2 heterocycles. The van der Waals surface area contributed by atoms with Gasteiger partial charge in [-0.2, -0.15) is 0 Å². The topological polar surface area (TPSA) is 78.7 Å². The summed E-state index contributed by atoms with van der Waals surface area (Å²) in [5.74, 6) is -0.0668. The maximum absolute atomic E-state index is 12.2. The van der Waals surface area contributed by atoms with Gasteiger partial charge in [0.25, 0.3) is 0 Å². The minimum atomic E-state index is -0.663. The first-order chi connectivity index (χ1) is 10.5. The monoisotopic (exact) mass is 324 g/mol. The van der Waals surface area contributed by atoms with E-state index in [2.05, 4.69) is 29.3 Å². The first-order valence-electron chi connectivity index (χ1n) is 7.64. The smallest absolute Gasteiger partial charge is 0.312 e. The molecule has 22 heavy (non-hydrogen) atoms. The van der Waals surface area contributed by atoms with Crippen molar-refractivity contribution in [2.45, 2.75) is 32.9 Å². The molecule has 0 aliphatic carbocycles. The number of aryl methyl sites for hydroxylation is 1. The van der Waals surface area contributed by atoms with Gasteiger partial charge in [-0.15, -0.1) is 11.3 Å². The number of thiophene rings is 1. The second-order valence-corrected chi connectivity index (χ2v) is 6.81. The Kier molecular flexibility index (Phi) is 5.79. The van der Waals surface area contributed by atoms with E-state index in [0.29, 0.717) is 13.1 Å². The Morgan fingerprint density at radius 1 is 1.27 bits per heavy atom. The number of carbonyl (C=O) groups excluding carboxylic acids is 2.